The number of carboxylic acid groups (broad SMARTS) is 1. The average Bonchev–Trinajstić information content (AvgIpc) is 2.95. The van der Waals surface area contributed by atoms with Crippen LogP contribution in [0.4, 0.5) is 0 Å². The van der Waals surface area contributed by atoms with Crippen molar-refractivity contribution in [1.29, 1.82) is 0 Å². The number of piperidine rings is 1. The van der Waals surface area contributed by atoms with E-state index in [1.165, 1.54) is 0 Å². The highest BCUT2D eigenvalue weighted by Crippen LogP contribution is 2.35. The predicted octanol–water partition coefficient (Wildman–Crippen LogP) is 2.38. The van der Waals surface area contributed by atoms with Gasteiger partial charge in [0.15, 0.2) is 0 Å². The molecule has 0 aromatic carbocycles. The second-order valence-electron chi connectivity index (χ2n) is 5.91. The lowest BCUT2D eigenvalue weighted by molar-refractivity contribution is -0.152. The predicted molar refractivity (Wildman–Crippen MR) is 79.5 cm³/mol. The fourth-order valence-corrected chi connectivity index (χ4v) is 3.57. The van der Waals surface area contributed by atoms with Crippen molar-refractivity contribution < 1.29 is 14.7 Å². The van der Waals surface area contributed by atoms with Crippen molar-refractivity contribution >= 4 is 23.4 Å². The van der Waals surface area contributed by atoms with Gasteiger partial charge in [-0.2, -0.15) is 0 Å². The van der Waals surface area contributed by atoms with E-state index in [1.807, 2.05) is 20.8 Å². The molecule has 0 spiro atoms. The molecule has 1 atom stereocenters. The van der Waals surface area contributed by atoms with Crippen LogP contribution in [0.15, 0.2) is 0 Å². The van der Waals surface area contributed by atoms with Crippen LogP contribution in [0.2, 0.25) is 0 Å². The van der Waals surface area contributed by atoms with Gasteiger partial charge in [-0.1, -0.05) is 25.3 Å². The Morgan fingerprint density at radius 2 is 2.19 bits per heavy atom. The number of hydrogen-bond acceptors (Lipinski definition) is 5. The molecule has 0 saturated carbocycles. The van der Waals surface area contributed by atoms with Crippen LogP contribution in [0.5, 0.6) is 0 Å². The average molecular weight is 311 g/mol. The van der Waals surface area contributed by atoms with Crippen LogP contribution >= 0.6 is 11.5 Å². The highest BCUT2D eigenvalue weighted by molar-refractivity contribution is 7.08. The fraction of sp³-hybridized carbons (Fsp3) is 0.714. The third-order valence-corrected chi connectivity index (χ3v) is 4.98. The van der Waals surface area contributed by atoms with Gasteiger partial charge in [-0.25, -0.2) is 0 Å². The third-order valence-electron chi connectivity index (χ3n) is 4.25. The van der Waals surface area contributed by atoms with Crippen LogP contribution in [0.3, 0.4) is 0 Å². The summed E-state index contributed by atoms with van der Waals surface area (Å²) in [5.74, 6) is -0.815. The SMILES string of the molecule is CCC1(C(=O)O)CCCN(C(=O)c2snnc2C(C)C)C1. The van der Waals surface area contributed by atoms with Crippen LogP contribution in [0, 0.1) is 5.41 Å². The maximum absolute atomic E-state index is 12.7. The van der Waals surface area contributed by atoms with E-state index in [1.54, 1.807) is 4.90 Å². The first-order valence-electron chi connectivity index (χ1n) is 7.26. The second kappa shape index (κ2) is 6.09. The molecule has 1 unspecified atom stereocenters. The van der Waals surface area contributed by atoms with E-state index in [9.17, 15) is 14.7 Å². The highest BCUT2D eigenvalue weighted by Gasteiger charge is 2.42. The molecule has 1 aromatic rings. The molecule has 0 radical (unpaired) electrons. The molecule has 116 valence electrons. The van der Waals surface area contributed by atoms with E-state index in [4.69, 9.17) is 0 Å². The largest absolute Gasteiger partial charge is 0.481 e. The van der Waals surface area contributed by atoms with E-state index >= 15 is 0 Å². The number of carboxylic acids is 1. The van der Waals surface area contributed by atoms with Crippen molar-refractivity contribution in [3.8, 4) is 0 Å². The summed E-state index contributed by atoms with van der Waals surface area (Å²) >= 11 is 1.10. The van der Waals surface area contributed by atoms with Crippen LogP contribution in [0.1, 0.15) is 61.3 Å². The summed E-state index contributed by atoms with van der Waals surface area (Å²) in [6.07, 6.45) is 1.87. The van der Waals surface area contributed by atoms with Crippen LogP contribution in [0.25, 0.3) is 0 Å². The van der Waals surface area contributed by atoms with E-state index in [0.717, 1.165) is 18.0 Å². The van der Waals surface area contributed by atoms with E-state index < -0.39 is 11.4 Å². The fourth-order valence-electron chi connectivity index (χ4n) is 2.79. The molecular formula is C14H21N3O3S. The lowest BCUT2D eigenvalue weighted by Gasteiger charge is -2.39. The molecule has 2 rings (SSSR count). The molecule has 7 heteroatoms. The quantitative estimate of drug-likeness (QED) is 0.923. The maximum atomic E-state index is 12.7. The molecule has 1 fully saturated rings. The Hall–Kier alpha value is -1.50. The topological polar surface area (TPSA) is 83.4 Å². The second-order valence-corrected chi connectivity index (χ2v) is 6.67. The number of aliphatic carboxylic acids is 1. The van der Waals surface area contributed by atoms with Gasteiger partial charge >= 0.3 is 5.97 Å². The number of carbonyl (C=O) groups excluding carboxylic acids is 1. The molecule has 0 aliphatic carbocycles. The Morgan fingerprint density at radius 3 is 2.76 bits per heavy atom. The van der Waals surface area contributed by atoms with Crippen LogP contribution in [-0.2, 0) is 4.79 Å². The zero-order valence-electron chi connectivity index (χ0n) is 12.6. The van der Waals surface area contributed by atoms with Crippen molar-refractivity contribution in [2.75, 3.05) is 13.1 Å². The Labute approximate surface area is 128 Å². The summed E-state index contributed by atoms with van der Waals surface area (Å²) in [4.78, 5) is 26.5. The molecule has 1 aliphatic rings. The minimum absolute atomic E-state index is 0.128. The van der Waals surface area contributed by atoms with Gasteiger partial charge in [-0.15, -0.1) is 5.10 Å². The number of carbonyl (C=O) groups is 2. The standard InChI is InChI=1S/C14H21N3O3S/c1-4-14(13(19)20)6-5-7-17(8-14)12(18)11-10(9(2)3)15-16-21-11/h9H,4-8H2,1-3H3,(H,19,20). The normalized spacial score (nSPS) is 22.6. The zero-order valence-corrected chi connectivity index (χ0v) is 13.4. The minimum Gasteiger partial charge on any atom is -0.481 e. The molecule has 1 saturated heterocycles. The molecule has 21 heavy (non-hydrogen) atoms. The van der Waals surface area contributed by atoms with Crippen molar-refractivity contribution in [2.45, 2.75) is 46.0 Å². The molecule has 1 aliphatic heterocycles. The summed E-state index contributed by atoms with van der Waals surface area (Å²) < 4.78 is 3.88. The molecule has 6 nitrogen and oxygen atoms in total. The first-order valence-corrected chi connectivity index (χ1v) is 8.03. The van der Waals surface area contributed by atoms with Gasteiger partial charge in [-0.3, -0.25) is 9.59 Å². The number of amides is 1. The number of hydrogen-bond donors (Lipinski definition) is 1. The van der Waals surface area contributed by atoms with Gasteiger partial charge in [-0.05, 0) is 36.7 Å². The Morgan fingerprint density at radius 1 is 1.48 bits per heavy atom. The van der Waals surface area contributed by atoms with Gasteiger partial charge in [0.2, 0.25) is 0 Å². The summed E-state index contributed by atoms with van der Waals surface area (Å²) in [7, 11) is 0. The summed E-state index contributed by atoms with van der Waals surface area (Å²) in [5, 5.41) is 13.5. The van der Waals surface area contributed by atoms with Gasteiger partial charge in [0.05, 0.1) is 11.1 Å². The van der Waals surface area contributed by atoms with E-state index in [0.29, 0.717) is 30.0 Å². The number of nitrogens with zero attached hydrogens (tertiary/aromatic N) is 3. The van der Waals surface area contributed by atoms with Gasteiger partial charge < -0.3 is 10.0 Å². The van der Waals surface area contributed by atoms with Crippen molar-refractivity contribution in [3.63, 3.8) is 0 Å². The lowest BCUT2D eigenvalue weighted by atomic mass is 9.77. The number of aromatic nitrogens is 2. The molecule has 1 aromatic heterocycles. The first kappa shape index (κ1) is 15.9. The van der Waals surface area contributed by atoms with Crippen LogP contribution < -0.4 is 0 Å². The molecule has 2 heterocycles. The van der Waals surface area contributed by atoms with E-state index in [2.05, 4.69) is 9.59 Å². The van der Waals surface area contributed by atoms with Crippen molar-refractivity contribution in [2.24, 2.45) is 5.41 Å². The smallest absolute Gasteiger partial charge is 0.311 e. The summed E-state index contributed by atoms with van der Waals surface area (Å²) in [5.41, 5.74) is -0.114. The van der Waals surface area contributed by atoms with Gasteiger partial charge in [0.1, 0.15) is 4.88 Å². The van der Waals surface area contributed by atoms with Crippen molar-refractivity contribution in [1.82, 2.24) is 14.5 Å². The van der Waals surface area contributed by atoms with E-state index in [-0.39, 0.29) is 18.4 Å². The Bertz CT molecular complexity index is 543. The number of likely N-dealkylation sites (tertiary alicyclic amines) is 1. The molecule has 1 amide bonds. The Kier molecular flexibility index (Phi) is 4.61. The monoisotopic (exact) mass is 311 g/mol. The third kappa shape index (κ3) is 2.92. The Balaban J connectivity index is 2.23. The minimum atomic E-state index is -0.815. The molecule has 1 N–H and O–H groups in total. The summed E-state index contributed by atoms with van der Waals surface area (Å²) in [6.45, 7) is 6.68. The summed E-state index contributed by atoms with van der Waals surface area (Å²) in [6, 6.07) is 0. The van der Waals surface area contributed by atoms with Gasteiger partial charge in [0, 0.05) is 13.1 Å². The van der Waals surface area contributed by atoms with Crippen molar-refractivity contribution in [3.05, 3.63) is 10.6 Å². The lowest BCUT2D eigenvalue weighted by Crippen LogP contribution is -2.49. The van der Waals surface area contributed by atoms with Crippen LogP contribution in [-0.4, -0.2) is 44.6 Å². The maximum Gasteiger partial charge on any atom is 0.311 e. The zero-order chi connectivity index (χ0) is 15.6. The highest BCUT2D eigenvalue weighted by atomic mass is 32.1. The first-order chi connectivity index (χ1) is 9.91. The number of rotatable bonds is 4. The molecule has 0 bridgehead atoms. The van der Waals surface area contributed by atoms with Gasteiger partial charge in [0.25, 0.3) is 5.91 Å². The molecular weight excluding hydrogens is 290 g/mol.